The molecule has 0 saturated heterocycles. The Hall–Kier alpha value is -0.390. The maximum absolute atomic E-state index is 13.2. The summed E-state index contributed by atoms with van der Waals surface area (Å²) in [7, 11) is 0. The van der Waals surface area contributed by atoms with E-state index < -0.39 is 0 Å². The van der Waals surface area contributed by atoms with Crippen molar-refractivity contribution in [2.75, 3.05) is 0 Å². The predicted molar refractivity (Wildman–Crippen MR) is 50.6 cm³/mol. The Morgan fingerprint density at radius 2 is 2.33 bits per heavy atom. The van der Waals surface area contributed by atoms with E-state index in [2.05, 4.69) is 4.98 Å². The van der Waals surface area contributed by atoms with Crippen molar-refractivity contribution in [3.05, 3.63) is 21.8 Å². The second-order valence-corrected chi connectivity index (χ2v) is 3.75. The van der Waals surface area contributed by atoms with Crippen LogP contribution in [0, 0.1) is 9.52 Å². The van der Waals surface area contributed by atoms with Crippen LogP contribution in [0.1, 0.15) is 12.8 Å². The molecule has 0 N–H and O–H groups in total. The molecule has 1 aromatic heterocycles. The van der Waals surface area contributed by atoms with Gasteiger partial charge in [0.15, 0.2) is 11.6 Å². The molecule has 1 aromatic rings. The van der Waals surface area contributed by atoms with Gasteiger partial charge in [-0.15, -0.1) is 0 Å². The van der Waals surface area contributed by atoms with Crippen LogP contribution in [0.5, 0.6) is 5.75 Å². The average molecular weight is 279 g/mol. The zero-order chi connectivity index (χ0) is 8.55. The summed E-state index contributed by atoms with van der Waals surface area (Å²) < 4.78 is 18.9. The molecule has 0 atom stereocenters. The second kappa shape index (κ2) is 3.16. The van der Waals surface area contributed by atoms with Crippen LogP contribution in [0.3, 0.4) is 0 Å². The summed E-state index contributed by atoms with van der Waals surface area (Å²) in [5.41, 5.74) is 0. The Kier molecular flexibility index (Phi) is 2.16. The molecule has 0 aromatic carbocycles. The molecule has 4 heteroatoms. The van der Waals surface area contributed by atoms with E-state index in [1.54, 1.807) is 12.3 Å². The SMILES string of the molecule is Fc1c(OC2CC2)ccnc1I. The van der Waals surface area contributed by atoms with E-state index in [-0.39, 0.29) is 11.9 Å². The standard InChI is InChI=1S/C8H7FINO/c9-7-6(12-5-1-2-5)3-4-11-8(7)10/h3-5H,1-2H2. The molecule has 64 valence electrons. The van der Waals surface area contributed by atoms with E-state index in [4.69, 9.17) is 4.74 Å². The molecule has 0 spiro atoms. The maximum atomic E-state index is 13.2. The molecule has 1 aliphatic carbocycles. The van der Waals surface area contributed by atoms with Gasteiger partial charge in [0.05, 0.1) is 6.10 Å². The number of rotatable bonds is 2. The molecule has 1 aliphatic rings. The van der Waals surface area contributed by atoms with E-state index in [0.717, 1.165) is 12.8 Å². The van der Waals surface area contributed by atoms with Crippen molar-refractivity contribution in [2.45, 2.75) is 18.9 Å². The van der Waals surface area contributed by atoms with E-state index >= 15 is 0 Å². The largest absolute Gasteiger partial charge is 0.487 e. The van der Waals surface area contributed by atoms with Crippen LogP contribution < -0.4 is 4.74 Å². The Bertz CT molecular complexity index is 301. The van der Waals surface area contributed by atoms with Gasteiger partial charge in [0, 0.05) is 12.3 Å². The van der Waals surface area contributed by atoms with Crippen LogP contribution in [0.15, 0.2) is 12.3 Å². The van der Waals surface area contributed by atoms with Gasteiger partial charge in [0.1, 0.15) is 3.70 Å². The third kappa shape index (κ3) is 1.68. The summed E-state index contributed by atoms with van der Waals surface area (Å²) in [6.45, 7) is 0. The molecule has 1 fully saturated rings. The van der Waals surface area contributed by atoms with Gasteiger partial charge in [-0.05, 0) is 35.4 Å². The molecule has 0 aliphatic heterocycles. The number of halogens is 2. The van der Waals surface area contributed by atoms with E-state index in [9.17, 15) is 4.39 Å². The predicted octanol–water partition coefficient (Wildman–Crippen LogP) is 2.37. The molecule has 12 heavy (non-hydrogen) atoms. The minimum atomic E-state index is -0.343. The summed E-state index contributed by atoms with van der Waals surface area (Å²) in [6.07, 6.45) is 3.87. The monoisotopic (exact) mass is 279 g/mol. The van der Waals surface area contributed by atoms with Crippen LogP contribution in [0.2, 0.25) is 0 Å². The molecule has 1 saturated carbocycles. The average Bonchev–Trinajstić information content (AvgIpc) is 2.83. The molecule has 0 radical (unpaired) electrons. The topological polar surface area (TPSA) is 22.1 Å². The molecule has 2 nitrogen and oxygen atoms in total. The normalized spacial score (nSPS) is 16.2. The Morgan fingerprint density at radius 1 is 1.58 bits per heavy atom. The van der Waals surface area contributed by atoms with Crippen LogP contribution in [-0.4, -0.2) is 11.1 Å². The summed E-state index contributed by atoms with van der Waals surface area (Å²) in [5.74, 6) is -0.0121. The van der Waals surface area contributed by atoms with Crippen molar-refractivity contribution in [1.82, 2.24) is 4.98 Å². The molecule has 1 heterocycles. The van der Waals surface area contributed by atoms with Gasteiger partial charge in [-0.2, -0.15) is 4.39 Å². The minimum absolute atomic E-state index is 0.234. The van der Waals surface area contributed by atoms with Crippen molar-refractivity contribution < 1.29 is 9.13 Å². The van der Waals surface area contributed by atoms with Gasteiger partial charge in [-0.25, -0.2) is 4.98 Å². The van der Waals surface area contributed by atoms with Gasteiger partial charge in [0.2, 0.25) is 0 Å². The number of aromatic nitrogens is 1. The molecule has 0 amide bonds. The van der Waals surface area contributed by atoms with Crippen molar-refractivity contribution >= 4 is 22.6 Å². The first-order valence-electron chi connectivity index (χ1n) is 3.74. The van der Waals surface area contributed by atoms with Crippen LogP contribution >= 0.6 is 22.6 Å². The fourth-order valence-electron chi connectivity index (χ4n) is 0.858. The summed E-state index contributed by atoms with van der Waals surface area (Å²) in [5, 5.41) is 0. The van der Waals surface area contributed by atoms with E-state index in [1.807, 2.05) is 22.6 Å². The molecule has 2 rings (SSSR count). The molecular formula is C8H7FINO. The van der Waals surface area contributed by atoms with E-state index in [1.165, 1.54) is 0 Å². The zero-order valence-corrected chi connectivity index (χ0v) is 8.42. The summed E-state index contributed by atoms with van der Waals surface area (Å²) >= 11 is 1.85. The summed E-state index contributed by atoms with van der Waals surface area (Å²) in [6, 6.07) is 1.57. The number of hydrogen-bond donors (Lipinski definition) is 0. The Morgan fingerprint density at radius 3 is 3.00 bits per heavy atom. The lowest BCUT2D eigenvalue weighted by atomic mass is 10.4. The van der Waals surface area contributed by atoms with Crippen LogP contribution in [0.4, 0.5) is 4.39 Å². The van der Waals surface area contributed by atoms with Gasteiger partial charge < -0.3 is 4.74 Å². The number of hydrogen-bond acceptors (Lipinski definition) is 2. The Balaban J connectivity index is 2.23. The number of pyridine rings is 1. The lowest BCUT2D eigenvalue weighted by Crippen LogP contribution is -2.00. The fraction of sp³-hybridized carbons (Fsp3) is 0.375. The first-order valence-corrected chi connectivity index (χ1v) is 4.82. The first kappa shape index (κ1) is 8.22. The molecule has 0 bridgehead atoms. The van der Waals surface area contributed by atoms with Crippen molar-refractivity contribution in [1.29, 1.82) is 0 Å². The van der Waals surface area contributed by atoms with Crippen molar-refractivity contribution in [3.8, 4) is 5.75 Å². The maximum Gasteiger partial charge on any atom is 0.196 e. The fourth-order valence-corrected chi connectivity index (χ4v) is 1.28. The van der Waals surface area contributed by atoms with Gasteiger partial charge in [0.25, 0.3) is 0 Å². The summed E-state index contributed by atoms with van der Waals surface area (Å²) in [4.78, 5) is 3.80. The van der Waals surface area contributed by atoms with Crippen molar-refractivity contribution in [2.24, 2.45) is 0 Å². The minimum Gasteiger partial charge on any atom is -0.487 e. The molecule has 0 unspecified atom stereocenters. The lowest BCUT2D eigenvalue weighted by molar-refractivity contribution is 0.286. The highest BCUT2D eigenvalue weighted by atomic mass is 127. The highest BCUT2D eigenvalue weighted by Gasteiger charge is 2.25. The first-order chi connectivity index (χ1) is 5.77. The lowest BCUT2D eigenvalue weighted by Gasteiger charge is -2.04. The van der Waals surface area contributed by atoms with Crippen molar-refractivity contribution in [3.63, 3.8) is 0 Å². The highest BCUT2D eigenvalue weighted by molar-refractivity contribution is 14.1. The van der Waals surface area contributed by atoms with Crippen LogP contribution in [-0.2, 0) is 0 Å². The van der Waals surface area contributed by atoms with E-state index in [0.29, 0.717) is 9.45 Å². The van der Waals surface area contributed by atoms with Gasteiger partial charge in [-0.1, -0.05) is 0 Å². The zero-order valence-electron chi connectivity index (χ0n) is 6.26. The number of ether oxygens (including phenoxy) is 1. The quantitative estimate of drug-likeness (QED) is 0.612. The highest BCUT2D eigenvalue weighted by Crippen LogP contribution is 2.29. The smallest absolute Gasteiger partial charge is 0.196 e. The third-order valence-corrected chi connectivity index (χ3v) is 2.38. The van der Waals surface area contributed by atoms with Gasteiger partial charge >= 0.3 is 0 Å². The molecular weight excluding hydrogens is 272 g/mol. The second-order valence-electron chi connectivity index (χ2n) is 2.73. The van der Waals surface area contributed by atoms with Gasteiger partial charge in [-0.3, -0.25) is 0 Å². The number of nitrogens with zero attached hydrogens (tertiary/aromatic N) is 1. The third-order valence-electron chi connectivity index (χ3n) is 1.63. The van der Waals surface area contributed by atoms with Crippen LogP contribution in [0.25, 0.3) is 0 Å². The Labute approximate surface area is 83.3 Å².